The van der Waals surface area contributed by atoms with Gasteiger partial charge in [0, 0.05) is 28.9 Å². The highest BCUT2D eigenvalue weighted by Gasteiger charge is 2.30. The SMILES string of the molecule is CC[C@@H](C(=O)NC1CCCCC1)N(Cc1ccc(OC)cc1)C(=O)CSCc1c(F)cccc1Cl. The molecular formula is C27H34ClFN2O3S. The molecule has 0 bridgehead atoms. The number of nitrogens with one attached hydrogen (secondary N) is 1. The lowest BCUT2D eigenvalue weighted by atomic mass is 9.95. The first-order chi connectivity index (χ1) is 16.9. The number of ether oxygens (including phenoxy) is 1. The zero-order chi connectivity index (χ0) is 25.2. The van der Waals surface area contributed by atoms with Gasteiger partial charge in [-0.05, 0) is 49.1 Å². The number of nitrogens with zero attached hydrogens (tertiary/aromatic N) is 1. The molecule has 5 nitrogen and oxygen atoms in total. The van der Waals surface area contributed by atoms with Crippen molar-refractivity contribution < 1.29 is 18.7 Å². The fourth-order valence-corrected chi connectivity index (χ4v) is 5.63. The van der Waals surface area contributed by atoms with Gasteiger partial charge in [0.15, 0.2) is 0 Å². The minimum absolute atomic E-state index is 0.108. The summed E-state index contributed by atoms with van der Waals surface area (Å²) >= 11 is 7.43. The Morgan fingerprint density at radius 1 is 1.17 bits per heavy atom. The lowest BCUT2D eigenvalue weighted by Gasteiger charge is -2.32. The van der Waals surface area contributed by atoms with E-state index in [4.69, 9.17) is 16.3 Å². The molecule has 2 aromatic carbocycles. The molecule has 0 aromatic heterocycles. The highest BCUT2D eigenvalue weighted by molar-refractivity contribution is 7.99. The van der Waals surface area contributed by atoms with Crippen LogP contribution in [-0.2, 0) is 21.9 Å². The Labute approximate surface area is 216 Å². The van der Waals surface area contributed by atoms with E-state index in [9.17, 15) is 14.0 Å². The number of methoxy groups -OCH3 is 1. The normalized spacial score (nSPS) is 14.9. The predicted octanol–water partition coefficient (Wildman–Crippen LogP) is 5.98. The standard InChI is InChI=1S/C27H34ClFN2O3S/c1-3-25(27(33)30-20-8-5-4-6-9-20)31(16-19-12-14-21(34-2)15-13-19)26(32)18-35-17-22-23(28)10-7-11-24(22)29/h7,10-15,20,25H,3-6,8-9,16-18H2,1-2H3,(H,30,33)/t25-/m0/s1. The molecule has 1 saturated carbocycles. The second-order valence-electron chi connectivity index (χ2n) is 8.83. The Kier molecular flexibility index (Phi) is 10.7. The maximum Gasteiger partial charge on any atom is 0.243 e. The van der Waals surface area contributed by atoms with Crippen molar-refractivity contribution in [3.05, 3.63) is 64.4 Å². The molecule has 1 fully saturated rings. The molecule has 3 rings (SSSR count). The third-order valence-electron chi connectivity index (χ3n) is 6.38. The van der Waals surface area contributed by atoms with Crippen LogP contribution in [0.2, 0.25) is 5.02 Å². The molecule has 1 aliphatic rings. The van der Waals surface area contributed by atoms with E-state index in [1.54, 1.807) is 24.1 Å². The molecule has 35 heavy (non-hydrogen) atoms. The molecule has 0 spiro atoms. The van der Waals surface area contributed by atoms with Gasteiger partial charge in [0.1, 0.15) is 17.6 Å². The number of halogens is 2. The second kappa shape index (κ2) is 13.7. The molecule has 0 saturated heterocycles. The lowest BCUT2D eigenvalue weighted by molar-refractivity contribution is -0.139. The third kappa shape index (κ3) is 7.87. The second-order valence-corrected chi connectivity index (χ2v) is 10.2. The molecule has 0 unspecified atom stereocenters. The largest absolute Gasteiger partial charge is 0.497 e. The Morgan fingerprint density at radius 2 is 1.89 bits per heavy atom. The van der Waals surface area contributed by atoms with Crippen LogP contribution in [-0.4, -0.2) is 41.7 Å². The van der Waals surface area contributed by atoms with Crippen molar-refractivity contribution in [2.24, 2.45) is 0 Å². The summed E-state index contributed by atoms with van der Waals surface area (Å²) in [4.78, 5) is 28.3. The summed E-state index contributed by atoms with van der Waals surface area (Å²) in [5.74, 6) is 0.469. The number of hydrogen-bond acceptors (Lipinski definition) is 4. The van der Waals surface area contributed by atoms with Crippen molar-refractivity contribution in [2.75, 3.05) is 12.9 Å². The van der Waals surface area contributed by atoms with Gasteiger partial charge in [-0.25, -0.2) is 4.39 Å². The Balaban J connectivity index is 1.73. The van der Waals surface area contributed by atoms with E-state index >= 15 is 0 Å². The van der Waals surface area contributed by atoms with Crippen LogP contribution in [0.1, 0.15) is 56.6 Å². The number of benzene rings is 2. The van der Waals surface area contributed by atoms with Crippen LogP contribution in [0.15, 0.2) is 42.5 Å². The zero-order valence-electron chi connectivity index (χ0n) is 20.4. The number of thioether (sulfide) groups is 1. The molecule has 0 heterocycles. The minimum Gasteiger partial charge on any atom is -0.497 e. The first-order valence-corrected chi connectivity index (χ1v) is 13.7. The van der Waals surface area contributed by atoms with Crippen molar-refractivity contribution in [1.82, 2.24) is 10.2 Å². The monoisotopic (exact) mass is 520 g/mol. The van der Waals surface area contributed by atoms with E-state index in [2.05, 4.69) is 5.32 Å². The Morgan fingerprint density at radius 3 is 2.51 bits per heavy atom. The Bertz CT molecular complexity index is 963. The third-order valence-corrected chi connectivity index (χ3v) is 7.68. The van der Waals surface area contributed by atoms with E-state index < -0.39 is 6.04 Å². The summed E-state index contributed by atoms with van der Waals surface area (Å²) < 4.78 is 19.4. The first kappa shape index (κ1) is 27.3. The zero-order valence-corrected chi connectivity index (χ0v) is 22.0. The number of carbonyl (C=O) groups is 2. The molecule has 1 aliphatic carbocycles. The molecule has 1 atom stereocenters. The topological polar surface area (TPSA) is 58.6 Å². The summed E-state index contributed by atoms with van der Waals surface area (Å²) in [5, 5.41) is 3.53. The maximum atomic E-state index is 14.1. The van der Waals surface area contributed by atoms with Crippen molar-refractivity contribution in [3.63, 3.8) is 0 Å². The number of hydrogen-bond donors (Lipinski definition) is 1. The van der Waals surface area contributed by atoms with Gasteiger partial charge < -0.3 is 15.0 Å². The van der Waals surface area contributed by atoms with Gasteiger partial charge in [0.2, 0.25) is 11.8 Å². The van der Waals surface area contributed by atoms with Crippen molar-refractivity contribution in [1.29, 1.82) is 0 Å². The first-order valence-electron chi connectivity index (χ1n) is 12.2. The fraction of sp³-hybridized carbons (Fsp3) is 0.481. The van der Waals surface area contributed by atoms with Crippen LogP contribution in [0.25, 0.3) is 0 Å². The molecule has 190 valence electrons. The number of amides is 2. The summed E-state index contributed by atoms with van der Waals surface area (Å²) in [7, 11) is 1.60. The average molecular weight is 521 g/mol. The van der Waals surface area contributed by atoms with Crippen LogP contribution < -0.4 is 10.1 Å². The Hall–Kier alpha value is -2.25. The smallest absolute Gasteiger partial charge is 0.243 e. The van der Waals surface area contributed by atoms with E-state index in [0.29, 0.717) is 23.6 Å². The quantitative estimate of drug-likeness (QED) is 0.396. The number of rotatable bonds is 11. The van der Waals surface area contributed by atoms with Gasteiger partial charge in [-0.1, -0.05) is 56.0 Å². The molecule has 1 N–H and O–H groups in total. The molecule has 0 radical (unpaired) electrons. The molecule has 2 amide bonds. The molecule has 8 heteroatoms. The fourth-order valence-electron chi connectivity index (χ4n) is 4.38. The van der Waals surface area contributed by atoms with Crippen molar-refractivity contribution >= 4 is 35.2 Å². The van der Waals surface area contributed by atoms with Crippen LogP contribution in [0.5, 0.6) is 5.75 Å². The van der Waals surface area contributed by atoms with Crippen molar-refractivity contribution in [3.8, 4) is 5.75 Å². The van der Waals surface area contributed by atoms with Gasteiger partial charge in [-0.2, -0.15) is 0 Å². The number of carbonyl (C=O) groups excluding carboxylic acids is 2. The van der Waals surface area contributed by atoms with Gasteiger partial charge in [0.05, 0.1) is 12.9 Å². The van der Waals surface area contributed by atoms with E-state index in [-0.39, 0.29) is 35.2 Å². The highest BCUT2D eigenvalue weighted by Crippen LogP contribution is 2.25. The highest BCUT2D eigenvalue weighted by atomic mass is 35.5. The molecular weight excluding hydrogens is 487 g/mol. The van der Waals surface area contributed by atoms with E-state index in [1.165, 1.54) is 24.2 Å². The van der Waals surface area contributed by atoms with Gasteiger partial charge >= 0.3 is 0 Å². The average Bonchev–Trinajstić information content (AvgIpc) is 2.86. The van der Waals surface area contributed by atoms with E-state index in [0.717, 1.165) is 37.0 Å². The summed E-state index contributed by atoms with van der Waals surface area (Å²) in [6.07, 6.45) is 5.90. The summed E-state index contributed by atoms with van der Waals surface area (Å²) in [5.41, 5.74) is 1.29. The van der Waals surface area contributed by atoms with Crippen LogP contribution >= 0.6 is 23.4 Å². The summed E-state index contributed by atoms with van der Waals surface area (Å²) in [6.45, 7) is 2.23. The van der Waals surface area contributed by atoms with E-state index in [1.807, 2.05) is 31.2 Å². The van der Waals surface area contributed by atoms with Gasteiger partial charge in [-0.15, -0.1) is 11.8 Å². The molecule has 0 aliphatic heterocycles. The predicted molar refractivity (Wildman–Crippen MR) is 140 cm³/mol. The lowest BCUT2D eigenvalue weighted by Crippen LogP contribution is -2.52. The van der Waals surface area contributed by atoms with Crippen LogP contribution in [0.4, 0.5) is 4.39 Å². The van der Waals surface area contributed by atoms with Crippen molar-refractivity contribution in [2.45, 2.75) is 69.8 Å². The van der Waals surface area contributed by atoms with Gasteiger partial charge in [0.25, 0.3) is 0 Å². The van der Waals surface area contributed by atoms with Gasteiger partial charge in [-0.3, -0.25) is 9.59 Å². The maximum absolute atomic E-state index is 14.1. The molecule has 2 aromatic rings. The minimum atomic E-state index is -0.579. The summed E-state index contributed by atoms with van der Waals surface area (Å²) in [6, 6.07) is 11.6. The van der Waals surface area contributed by atoms with Crippen LogP contribution in [0.3, 0.4) is 0 Å². The van der Waals surface area contributed by atoms with Crippen LogP contribution in [0, 0.1) is 5.82 Å².